The summed E-state index contributed by atoms with van der Waals surface area (Å²) >= 11 is 0. The van der Waals surface area contributed by atoms with Gasteiger partial charge in [0.2, 0.25) is 10.0 Å². The summed E-state index contributed by atoms with van der Waals surface area (Å²) in [6.45, 7) is 2.28. The largest absolute Gasteiger partial charge is 0.373 e. The van der Waals surface area contributed by atoms with Crippen LogP contribution in [-0.2, 0) is 14.8 Å². The van der Waals surface area contributed by atoms with Crippen molar-refractivity contribution >= 4 is 10.0 Å². The molecule has 3 heterocycles. The molecule has 2 bridgehead atoms. The van der Waals surface area contributed by atoms with Crippen molar-refractivity contribution in [2.75, 3.05) is 25.9 Å². The highest BCUT2D eigenvalue weighted by Crippen LogP contribution is 2.34. The van der Waals surface area contributed by atoms with E-state index in [1.54, 1.807) is 4.31 Å². The molecule has 3 rings (SSSR count). The number of nitrogens with zero attached hydrogens (tertiary/aromatic N) is 1. The zero-order valence-corrected chi connectivity index (χ0v) is 12.4. The second kappa shape index (κ2) is 5.31. The van der Waals surface area contributed by atoms with Crippen LogP contribution in [0.3, 0.4) is 0 Å². The molecule has 0 spiro atoms. The molecule has 3 fully saturated rings. The summed E-state index contributed by atoms with van der Waals surface area (Å²) in [5.74, 6) is 0.447. The van der Waals surface area contributed by atoms with Crippen molar-refractivity contribution < 1.29 is 13.2 Å². The molecular weight excluding hydrogens is 264 g/mol. The topological polar surface area (TPSA) is 58.6 Å². The number of hydrogen-bond acceptors (Lipinski definition) is 4. The highest BCUT2D eigenvalue weighted by Gasteiger charge is 2.40. The average molecular weight is 288 g/mol. The molecule has 0 aromatic heterocycles. The van der Waals surface area contributed by atoms with Crippen LogP contribution in [0.25, 0.3) is 0 Å². The van der Waals surface area contributed by atoms with E-state index in [2.05, 4.69) is 5.32 Å². The van der Waals surface area contributed by atoms with Gasteiger partial charge in [0, 0.05) is 19.1 Å². The Morgan fingerprint density at radius 3 is 2.79 bits per heavy atom. The molecule has 0 aromatic carbocycles. The summed E-state index contributed by atoms with van der Waals surface area (Å²) < 4.78 is 30.6. The van der Waals surface area contributed by atoms with Crippen molar-refractivity contribution in [3.05, 3.63) is 0 Å². The van der Waals surface area contributed by atoms with Gasteiger partial charge >= 0.3 is 0 Å². The van der Waals surface area contributed by atoms with Gasteiger partial charge in [-0.1, -0.05) is 0 Å². The fourth-order valence-electron chi connectivity index (χ4n) is 3.67. The first-order valence-electron chi connectivity index (χ1n) is 7.36. The van der Waals surface area contributed by atoms with E-state index in [1.165, 1.54) is 19.1 Å². The van der Waals surface area contributed by atoms with E-state index in [0.29, 0.717) is 37.3 Å². The smallest absolute Gasteiger partial charge is 0.211 e. The molecule has 0 radical (unpaired) electrons. The normalized spacial score (nSPS) is 39.8. The molecule has 6 heteroatoms. The molecule has 0 saturated carbocycles. The minimum absolute atomic E-state index is 0.402. The Morgan fingerprint density at radius 1 is 1.32 bits per heavy atom. The molecule has 4 atom stereocenters. The molecule has 3 saturated heterocycles. The van der Waals surface area contributed by atoms with Gasteiger partial charge in [-0.15, -0.1) is 0 Å². The third-order valence-corrected chi connectivity index (χ3v) is 6.00. The van der Waals surface area contributed by atoms with Crippen LogP contribution in [0.15, 0.2) is 0 Å². The molecule has 3 aliphatic rings. The average Bonchev–Trinajstić information content (AvgIpc) is 2.98. The van der Waals surface area contributed by atoms with Gasteiger partial charge in [0.25, 0.3) is 0 Å². The number of fused-ring (bicyclic) bond motifs is 2. The minimum atomic E-state index is -3.02. The first-order valence-corrected chi connectivity index (χ1v) is 9.21. The van der Waals surface area contributed by atoms with Gasteiger partial charge in [-0.05, 0) is 44.6 Å². The van der Waals surface area contributed by atoms with Crippen LogP contribution in [0.5, 0.6) is 0 Å². The maximum absolute atomic E-state index is 11.6. The fraction of sp³-hybridized carbons (Fsp3) is 1.00. The lowest BCUT2D eigenvalue weighted by molar-refractivity contribution is 0.0964. The lowest BCUT2D eigenvalue weighted by Gasteiger charge is -2.32. The minimum Gasteiger partial charge on any atom is -0.373 e. The van der Waals surface area contributed by atoms with E-state index in [-0.39, 0.29) is 0 Å². The summed E-state index contributed by atoms with van der Waals surface area (Å²) in [6.07, 6.45) is 7.82. The molecule has 4 unspecified atom stereocenters. The number of ether oxygens (including phenoxy) is 1. The van der Waals surface area contributed by atoms with Gasteiger partial charge in [-0.25, -0.2) is 12.7 Å². The monoisotopic (exact) mass is 288 g/mol. The highest BCUT2D eigenvalue weighted by atomic mass is 32.2. The number of hydrogen-bond donors (Lipinski definition) is 1. The van der Waals surface area contributed by atoms with Crippen LogP contribution in [0, 0.1) is 5.92 Å². The Balaban J connectivity index is 1.48. The van der Waals surface area contributed by atoms with Crippen LogP contribution in [-0.4, -0.2) is 56.9 Å². The van der Waals surface area contributed by atoms with E-state index in [9.17, 15) is 8.42 Å². The maximum atomic E-state index is 11.6. The van der Waals surface area contributed by atoms with Gasteiger partial charge in [0.15, 0.2) is 0 Å². The van der Waals surface area contributed by atoms with E-state index < -0.39 is 10.0 Å². The van der Waals surface area contributed by atoms with Gasteiger partial charge in [0.05, 0.1) is 18.5 Å². The summed E-state index contributed by atoms with van der Waals surface area (Å²) in [4.78, 5) is 0. The van der Waals surface area contributed by atoms with E-state index >= 15 is 0 Å². The number of nitrogens with one attached hydrogen (secondary N) is 1. The fourth-order valence-corrected chi connectivity index (χ4v) is 4.61. The van der Waals surface area contributed by atoms with Crippen molar-refractivity contribution in [1.82, 2.24) is 9.62 Å². The maximum Gasteiger partial charge on any atom is 0.211 e. The quantitative estimate of drug-likeness (QED) is 0.821. The van der Waals surface area contributed by atoms with E-state index in [0.717, 1.165) is 25.8 Å². The van der Waals surface area contributed by atoms with Crippen molar-refractivity contribution in [3.8, 4) is 0 Å². The van der Waals surface area contributed by atoms with Crippen LogP contribution in [0.4, 0.5) is 0 Å². The Bertz CT molecular complexity index is 426. The zero-order chi connectivity index (χ0) is 13.5. The highest BCUT2D eigenvalue weighted by molar-refractivity contribution is 7.88. The molecular formula is C13H24N2O3S. The van der Waals surface area contributed by atoms with Gasteiger partial charge in [0.1, 0.15) is 0 Å². The first-order chi connectivity index (χ1) is 9.02. The van der Waals surface area contributed by atoms with Crippen molar-refractivity contribution in [2.45, 2.75) is 50.4 Å². The van der Waals surface area contributed by atoms with Crippen LogP contribution >= 0.6 is 0 Å². The van der Waals surface area contributed by atoms with Crippen molar-refractivity contribution in [2.24, 2.45) is 5.92 Å². The number of rotatable bonds is 4. The SMILES string of the molecule is CS(=O)(=O)N1CCCC(CNC2CC3CCC2O3)C1. The number of sulfonamides is 1. The lowest BCUT2D eigenvalue weighted by atomic mass is 9.94. The Hall–Kier alpha value is -0.170. The molecule has 3 aliphatic heterocycles. The Morgan fingerprint density at radius 2 is 2.16 bits per heavy atom. The Kier molecular flexibility index (Phi) is 3.86. The molecule has 5 nitrogen and oxygen atoms in total. The third-order valence-electron chi connectivity index (χ3n) is 4.73. The summed E-state index contributed by atoms with van der Waals surface area (Å²) in [6, 6.07) is 0.493. The van der Waals surface area contributed by atoms with Crippen LogP contribution < -0.4 is 5.32 Å². The third kappa shape index (κ3) is 3.12. The standard InChI is InChI=1S/C13H24N2O3S/c1-19(16,17)15-6-2-3-10(9-15)8-14-12-7-11-4-5-13(12)18-11/h10-14H,2-9H2,1H3. The predicted molar refractivity (Wildman–Crippen MR) is 73.4 cm³/mol. The summed E-state index contributed by atoms with van der Waals surface area (Å²) in [7, 11) is -3.02. The summed E-state index contributed by atoms with van der Waals surface area (Å²) in [5, 5.41) is 3.61. The molecule has 0 aromatic rings. The second-order valence-corrected chi connectivity index (χ2v) is 8.24. The van der Waals surface area contributed by atoms with E-state index in [4.69, 9.17) is 4.74 Å². The van der Waals surface area contributed by atoms with Gasteiger partial charge < -0.3 is 10.1 Å². The van der Waals surface area contributed by atoms with Crippen molar-refractivity contribution in [3.63, 3.8) is 0 Å². The van der Waals surface area contributed by atoms with Crippen LogP contribution in [0.1, 0.15) is 32.1 Å². The van der Waals surface area contributed by atoms with Gasteiger partial charge in [-0.2, -0.15) is 0 Å². The molecule has 19 heavy (non-hydrogen) atoms. The number of piperidine rings is 1. The second-order valence-electron chi connectivity index (χ2n) is 6.25. The molecule has 0 aliphatic carbocycles. The van der Waals surface area contributed by atoms with Gasteiger partial charge in [-0.3, -0.25) is 0 Å². The van der Waals surface area contributed by atoms with Crippen LogP contribution in [0.2, 0.25) is 0 Å². The predicted octanol–water partition coefficient (Wildman–Crippen LogP) is 0.568. The lowest BCUT2D eigenvalue weighted by Crippen LogP contribution is -2.45. The summed E-state index contributed by atoms with van der Waals surface area (Å²) in [5.41, 5.74) is 0. The van der Waals surface area contributed by atoms with E-state index in [1.807, 2.05) is 0 Å². The first kappa shape index (κ1) is 13.8. The molecule has 110 valence electrons. The molecule has 0 amide bonds. The van der Waals surface area contributed by atoms with Crippen molar-refractivity contribution in [1.29, 1.82) is 0 Å². The zero-order valence-electron chi connectivity index (χ0n) is 11.5. The molecule has 1 N–H and O–H groups in total. The Labute approximate surface area is 115 Å².